The highest BCUT2D eigenvalue weighted by atomic mass is 16.5. The molecule has 1 aliphatic heterocycles. The smallest absolute Gasteiger partial charge is 0.268 e. The minimum absolute atomic E-state index is 0.0477. The van der Waals surface area contributed by atoms with Crippen LogP contribution in [0.4, 0.5) is 0 Å². The molecule has 0 amide bonds. The van der Waals surface area contributed by atoms with Crippen molar-refractivity contribution in [3.8, 4) is 11.3 Å². The lowest BCUT2D eigenvalue weighted by Gasteiger charge is -2.43. The van der Waals surface area contributed by atoms with Crippen LogP contribution in [0.2, 0.25) is 0 Å². The van der Waals surface area contributed by atoms with E-state index in [1.807, 2.05) is 30.3 Å². The number of nitrogens with zero attached hydrogens (tertiary/aromatic N) is 3. The van der Waals surface area contributed by atoms with Gasteiger partial charge in [-0.2, -0.15) is 5.10 Å². The maximum Gasteiger partial charge on any atom is 0.268 e. The SMILES string of the molecule is O=c1ccc(-c2ccccc2)nn1CN1CCO[C@H]2CCCC[C@H]21. The maximum absolute atomic E-state index is 12.3. The van der Waals surface area contributed by atoms with Gasteiger partial charge in [0, 0.05) is 24.2 Å². The molecule has 0 unspecified atom stereocenters. The second kappa shape index (κ2) is 6.87. The minimum Gasteiger partial charge on any atom is -0.375 e. The van der Waals surface area contributed by atoms with Crippen LogP contribution >= 0.6 is 0 Å². The van der Waals surface area contributed by atoms with E-state index >= 15 is 0 Å². The molecule has 0 bridgehead atoms. The molecule has 1 aromatic heterocycles. The molecule has 0 spiro atoms. The highest BCUT2D eigenvalue weighted by Gasteiger charge is 2.34. The molecule has 2 aromatic rings. The van der Waals surface area contributed by atoms with Crippen LogP contribution in [0.1, 0.15) is 25.7 Å². The molecule has 4 rings (SSSR count). The van der Waals surface area contributed by atoms with Gasteiger partial charge in [-0.1, -0.05) is 43.2 Å². The lowest BCUT2D eigenvalue weighted by atomic mass is 9.90. The van der Waals surface area contributed by atoms with Crippen LogP contribution in [0.3, 0.4) is 0 Å². The first-order chi connectivity index (χ1) is 11.8. The molecule has 2 aliphatic rings. The lowest BCUT2D eigenvalue weighted by molar-refractivity contribution is -0.0996. The van der Waals surface area contributed by atoms with Gasteiger partial charge in [0.25, 0.3) is 5.56 Å². The summed E-state index contributed by atoms with van der Waals surface area (Å²) >= 11 is 0. The quantitative estimate of drug-likeness (QED) is 0.870. The van der Waals surface area contributed by atoms with Gasteiger partial charge in [-0.3, -0.25) is 9.69 Å². The van der Waals surface area contributed by atoms with Gasteiger partial charge < -0.3 is 4.74 Å². The van der Waals surface area contributed by atoms with E-state index in [1.54, 1.807) is 16.8 Å². The van der Waals surface area contributed by atoms with Gasteiger partial charge in [0.05, 0.1) is 25.1 Å². The Morgan fingerprint density at radius 1 is 1.08 bits per heavy atom. The van der Waals surface area contributed by atoms with E-state index in [1.165, 1.54) is 12.8 Å². The van der Waals surface area contributed by atoms with E-state index in [-0.39, 0.29) is 5.56 Å². The molecule has 5 heteroatoms. The normalized spacial score (nSPS) is 24.5. The second-order valence-electron chi connectivity index (χ2n) is 6.64. The number of ether oxygens (including phenoxy) is 1. The van der Waals surface area contributed by atoms with E-state index in [9.17, 15) is 4.79 Å². The van der Waals surface area contributed by atoms with Crippen molar-refractivity contribution in [1.29, 1.82) is 0 Å². The summed E-state index contributed by atoms with van der Waals surface area (Å²) in [6, 6.07) is 13.8. The lowest BCUT2D eigenvalue weighted by Crippen LogP contribution is -2.53. The Labute approximate surface area is 141 Å². The molecule has 0 radical (unpaired) electrons. The number of rotatable bonds is 3. The molecule has 1 saturated carbocycles. The fourth-order valence-corrected chi connectivity index (χ4v) is 3.84. The maximum atomic E-state index is 12.3. The average molecular weight is 325 g/mol. The summed E-state index contributed by atoms with van der Waals surface area (Å²) in [5, 5.41) is 4.60. The van der Waals surface area contributed by atoms with Crippen LogP contribution in [0.25, 0.3) is 11.3 Å². The van der Waals surface area contributed by atoms with Crippen LogP contribution in [-0.2, 0) is 11.4 Å². The first-order valence-electron chi connectivity index (χ1n) is 8.80. The molecule has 2 heterocycles. The van der Waals surface area contributed by atoms with Crippen molar-refractivity contribution in [2.45, 2.75) is 44.5 Å². The third kappa shape index (κ3) is 3.14. The van der Waals surface area contributed by atoms with E-state index in [2.05, 4.69) is 10.00 Å². The number of morpholine rings is 1. The van der Waals surface area contributed by atoms with E-state index in [0.717, 1.165) is 37.3 Å². The van der Waals surface area contributed by atoms with Gasteiger partial charge in [-0.15, -0.1) is 0 Å². The van der Waals surface area contributed by atoms with Gasteiger partial charge in [0.1, 0.15) is 0 Å². The zero-order valence-corrected chi connectivity index (χ0v) is 13.8. The summed E-state index contributed by atoms with van der Waals surface area (Å²) in [6.45, 7) is 2.16. The van der Waals surface area contributed by atoms with Crippen LogP contribution in [0.5, 0.6) is 0 Å². The third-order valence-corrected chi connectivity index (χ3v) is 5.10. The summed E-state index contributed by atoms with van der Waals surface area (Å²) in [5.41, 5.74) is 1.82. The Hall–Kier alpha value is -1.98. The molecule has 0 N–H and O–H groups in total. The van der Waals surface area contributed by atoms with Gasteiger partial charge >= 0.3 is 0 Å². The standard InChI is InChI=1S/C19H23N3O2/c23-19-11-10-16(15-6-2-1-3-7-15)20-22(19)14-21-12-13-24-18-9-5-4-8-17(18)21/h1-3,6-7,10-11,17-18H,4-5,8-9,12-14H2/t17-,18+/m1/s1. The second-order valence-corrected chi connectivity index (χ2v) is 6.64. The van der Waals surface area contributed by atoms with Crippen molar-refractivity contribution in [3.05, 3.63) is 52.8 Å². The van der Waals surface area contributed by atoms with Crippen molar-refractivity contribution in [2.24, 2.45) is 0 Å². The average Bonchev–Trinajstić information content (AvgIpc) is 2.64. The predicted octanol–water partition coefficient (Wildman–Crippen LogP) is 2.51. The number of hydrogen-bond acceptors (Lipinski definition) is 4. The zero-order valence-electron chi connectivity index (χ0n) is 13.8. The number of aromatic nitrogens is 2. The summed E-state index contributed by atoms with van der Waals surface area (Å²) in [5.74, 6) is 0. The highest BCUT2D eigenvalue weighted by Crippen LogP contribution is 2.28. The van der Waals surface area contributed by atoms with Gasteiger partial charge in [-0.05, 0) is 18.9 Å². The molecule has 1 aromatic carbocycles. The molecule has 1 aliphatic carbocycles. The van der Waals surface area contributed by atoms with Crippen LogP contribution in [0.15, 0.2) is 47.3 Å². The Bertz CT molecular complexity index is 742. The molecule has 2 atom stereocenters. The topological polar surface area (TPSA) is 47.4 Å². The van der Waals surface area contributed by atoms with E-state index < -0.39 is 0 Å². The highest BCUT2D eigenvalue weighted by molar-refractivity contribution is 5.57. The molecule has 126 valence electrons. The van der Waals surface area contributed by atoms with Crippen molar-refractivity contribution >= 4 is 0 Å². The molecule has 5 nitrogen and oxygen atoms in total. The Morgan fingerprint density at radius 3 is 2.79 bits per heavy atom. The first kappa shape index (κ1) is 15.5. The number of benzene rings is 1. The van der Waals surface area contributed by atoms with Crippen LogP contribution in [-0.4, -0.2) is 40.0 Å². The molecule has 1 saturated heterocycles. The fraction of sp³-hybridized carbons (Fsp3) is 0.474. The first-order valence-corrected chi connectivity index (χ1v) is 8.80. The van der Waals surface area contributed by atoms with Crippen molar-refractivity contribution < 1.29 is 4.74 Å². The largest absolute Gasteiger partial charge is 0.375 e. The predicted molar refractivity (Wildman–Crippen MR) is 92.6 cm³/mol. The zero-order chi connectivity index (χ0) is 16.4. The summed E-state index contributed by atoms with van der Waals surface area (Å²) < 4.78 is 7.52. The third-order valence-electron chi connectivity index (χ3n) is 5.10. The van der Waals surface area contributed by atoms with Gasteiger partial charge in [-0.25, -0.2) is 4.68 Å². The minimum atomic E-state index is -0.0477. The van der Waals surface area contributed by atoms with Crippen LogP contribution < -0.4 is 5.56 Å². The van der Waals surface area contributed by atoms with E-state index in [0.29, 0.717) is 18.8 Å². The van der Waals surface area contributed by atoms with Crippen LogP contribution in [0, 0.1) is 0 Å². The van der Waals surface area contributed by atoms with Crippen molar-refractivity contribution in [2.75, 3.05) is 13.2 Å². The Morgan fingerprint density at radius 2 is 1.92 bits per heavy atom. The van der Waals surface area contributed by atoms with Crippen molar-refractivity contribution in [1.82, 2.24) is 14.7 Å². The summed E-state index contributed by atoms with van der Waals surface area (Å²) in [6.07, 6.45) is 5.09. The Kier molecular flexibility index (Phi) is 4.45. The van der Waals surface area contributed by atoms with Crippen molar-refractivity contribution in [3.63, 3.8) is 0 Å². The van der Waals surface area contributed by atoms with E-state index in [4.69, 9.17) is 4.74 Å². The molecule has 24 heavy (non-hydrogen) atoms. The summed E-state index contributed by atoms with van der Waals surface area (Å²) in [4.78, 5) is 14.7. The monoisotopic (exact) mass is 325 g/mol. The number of fused-ring (bicyclic) bond motifs is 1. The summed E-state index contributed by atoms with van der Waals surface area (Å²) in [7, 11) is 0. The number of hydrogen-bond donors (Lipinski definition) is 0. The van der Waals surface area contributed by atoms with Gasteiger partial charge in [0.2, 0.25) is 0 Å². The molecule has 2 fully saturated rings. The molecular weight excluding hydrogens is 302 g/mol. The molecular formula is C19H23N3O2. The van der Waals surface area contributed by atoms with Gasteiger partial charge in [0.15, 0.2) is 0 Å². The Balaban J connectivity index is 1.58. The fourth-order valence-electron chi connectivity index (χ4n) is 3.84.